The van der Waals surface area contributed by atoms with E-state index in [1.807, 2.05) is 35.9 Å². The summed E-state index contributed by atoms with van der Waals surface area (Å²) >= 11 is 0. The average Bonchev–Trinajstić information content (AvgIpc) is 3.01. The van der Waals surface area contributed by atoms with E-state index >= 15 is 0 Å². The molecular weight excluding hydrogens is 318 g/mol. The van der Waals surface area contributed by atoms with E-state index in [4.69, 9.17) is 4.74 Å². The molecule has 2 aromatic carbocycles. The summed E-state index contributed by atoms with van der Waals surface area (Å²) in [6, 6.07) is 13.8. The first-order chi connectivity index (χ1) is 12.1. The van der Waals surface area contributed by atoms with Crippen LogP contribution in [0.4, 0.5) is 5.69 Å². The molecule has 6 heteroatoms. The zero-order valence-corrected chi connectivity index (χ0v) is 13.8. The van der Waals surface area contributed by atoms with Gasteiger partial charge in [0.2, 0.25) is 0 Å². The van der Waals surface area contributed by atoms with Crippen LogP contribution in [0, 0.1) is 22.0 Å². The van der Waals surface area contributed by atoms with Crippen LogP contribution in [-0.2, 0) is 7.05 Å². The van der Waals surface area contributed by atoms with Gasteiger partial charge in [-0.1, -0.05) is 5.92 Å². The number of hydrogen-bond donors (Lipinski definition) is 0. The van der Waals surface area contributed by atoms with Crippen molar-refractivity contribution in [1.29, 1.82) is 0 Å². The highest BCUT2D eigenvalue weighted by Gasteiger charge is 2.10. The van der Waals surface area contributed by atoms with Gasteiger partial charge in [0, 0.05) is 30.3 Å². The molecule has 1 aromatic heterocycles. The smallest absolute Gasteiger partial charge is 0.269 e. The minimum absolute atomic E-state index is 0.0532. The van der Waals surface area contributed by atoms with E-state index in [-0.39, 0.29) is 5.69 Å². The standard InChI is InChI=1S/C19H15N3O3/c1-21-17(8-3-14-4-11-18(25-2)12-5-14)13-20-19(21)15-6-9-16(10-7-15)22(23)24/h4-7,9-13H,1-2H3. The first kappa shape index (κ1) is 16.3. The van der Waals surface area contributed by atoms with Crippen molar-refractivity contribution >= 4 is 5.69 Å². The van der Waals surface area contributed by atoms with Gasteiger partial charge in [0.1, 0.15) is 17.3 Å². The fraction of sp³-hybridized carbons (Fsp3) is 0.105. The number of non-ortho nitro benzene ring substituents is 1. The molecule has 6 nitrogen and oxygen atoms in total. The fourth-order valence-electron chi connectivity index (χ4n) is 2.34. The van der Waals surface area contributed by atoms with Crippen molar-refractivity contribution in [3.8, 4) is 29.0 Å². The van der Waals surface area contributed by atoms with Crippen LogP contribution in [0.1, 0.15) is 11.3 Å². The first-order valence-corrected chi connectivity index (χ1v) is 7.51. The topological polar surface area (TPSA) is 70.2 Å². The molecule has 3 aromatic rings. The second-order valence-corrected chi connectivity index (χ2v) is 5.31. The van der Waals surface area contributed by atoms with Crippen molar-refractivity contribution in [3.05, 3.63) is 76.1 Å². The van der Waals surface area contributed by atoms with Crippen molar-refractivity contribution in [2.24, 2.45) is 7.05 Å². The molecule has 0 amide bonds. The third kappa shape index (κ3) is 3.51. The van der Waals surface area contributed by atoms with Crippen LogP contribution in [0.15, 0.2) is 54.7 Å². The third-order valence-electron chi connectivity index (χ3n) is 3.75. The number of nitro benzene ring substituents is 1. The zero-order chi connectivity index (χ0) is 17.8. The van der Waals surface area contributed by atoms with Crippen molar-refractivity contribution in [2.45, 2.75) is 0 Å². The summed E-state index contributed by atoms with van der Waals surface area (Å²) < 4.78 is 6.98. The lowest BCUT2D eigenvalue weighted by Crippen LogP contribution is -1.96. The van der Waals surface area contributed by atoms with Crippen molar-refractivity contribution in [2.75, 3.05) is 7.11 Å². The van der Waals surface area contributed by atoms with Crippen LogP contribution in [0.5, 0.6) is 5.75 Å². The van der Waals surface area contributed by atoms with Crippen LogP contribution >= 0.6 is 0 Å². The van der Waals surface area contributed by atoms with Crippen molar-refractivity contribution in [1.82, 2.24) is 9.55 Å². The number of nitrogens with zero attached hydrogens (tertiary/aromatic N) is 3. The Bertz CT molecular complexity index is 962. The van der Waals surface area contributed by atoms with E-state index in [2.05, 4.69) is 16.8 Å². The maximum absolute atomic E-state index is 10.7. The molecule has 124 valence electrons. The lowest BCUT2D eigenvalue weighted by atomic mass is 10.2. The maximum atomic E-state index is 10.7. The van der Waals surface area contributed by atoms with Gasteiger partial charge in [0.25, 0.3) is 5.69 Å². The number of imidazole rings is 1. The van der Waals surface area contributed by atoms with Gasteiger partial charge in [-0.05, 0) is 42.3 Å². The molecule has 25 heavy (non-hydrogen) atoms. The van der Waals surface area contributed by atoms with E-state index in [1.165, 1.54) is 12.1 Å². The minimum atomic E-state index is -0.423. The highest BCUT2D eigenvalue weighted by atomic mass is 16.6. The van der Waals surface area contributed by atoms with Crippen molar-refractivity contribution < 1.29 is 9.66 Å². The quantitative estimate of drug-likeness (QED) is 0.418. The van der Waals surface area contributed by atoms with Crippen LogP contribution in [0.2, 0.25) is 0 Å². The Hall–Kier alpha value is -3.59. The molecule has 0 aliphatic rings. The summed E-state index contributed by atoms with van der Waals surface area (Å²) in [4.78, 5) is 14.7. The molecule has 0 aliphatic carbocycles. The van der Waals surface area contributed by atoms with Gasteiger partial charge in [-0.2, -0.15) is 0 Å². The lowest BCUT2D eigenvalue weighted by molar-refractivity contribution is -0.384. The van der Waals surface area contributed by atoms with E-state index in [0.29, 0.717) is 5.82 Å². The second-order valence-electron chi connectivity index (χ2n) is 5.31. The summed E-state index contributed by atoms with van der Waals surface area (Å²) in [5.74, 6) is 7.66. The van der Waals surface area contributed by atoms with Gasteiger partial charge >= 0.3 is 0 Å². The number of methoxy groups -OCH3 is 1. The highest BCUT2D eigenvalue weighted by molar-refractivity contribution is 5.59. The Morgan fingerprint density at radius 2 is 1.76 bits per heavy atom. The van der Waals surface area contributed by atoms with E-state index in [0.717, 1.165) is 22.6 Å². The average molecular weight is 333 g/mol. The molecule has 0 fully saturated rings. The largest absolute Gasteiger partial charge is 0.497 e. The third-order valence-corrected chi connectivity index (χ3v) is 3.75. The Morgan fingerprint density at radius 3 is 2.36 bits per heavy atom. The summed E-state index contributed by atoms with van der Waals surface area (Å²) in [6.45, 7) is 0. The van der Waals surface area contributed by atoms with Gasteiger partial charge in [-0.3, -0.25) is 10.1 Å². The highest BCUT2D eigenvalue weighted by Crippen LogP contribution is 2.21. The number of rotatable bonds is 3. The Balaban J connectivity index is 1.86. The normalized spacial score (nSPS) is 10.0. The molecule has 0 N–H and O–H groups in total. The van der Waals surface area contributed by atoms with Crippen LogP contribution in [0.25, 0.3) is 11.4 Å². The molecule has 0 saturated heterocycles. The van der Waals surface area contributed by atoms with Crippen LogP contribution < -0.4 is 4.74 Å². The van der Waals surface area contributed by atoms with Gasteiger partial charge in [0.05, 0.1) is 18.2 Å². The maximum Gasteiger partial charge on any atom is 0.269 e. The summed E-state index contributed by atoms with van der Waals surface area (Å²) in [5, 5.41) is 10.7. The molecule has 3 rings (SSSR count). The van der Waals surface area contributed by atoms with Crippen molar-refractivity contribution in [3.63, 3.8) is 0 Å². The Labute approximate surface area is 144 Å². The zero-order valence-electron chi connectivity index (χ0n) is 13.8. The Morgan fingerprint density at radius 1 is 1.08 bits per heavy atom. The molecular formula is C19H15N3O3. The van der Waals surface area contributed by atoms with Crippen LogP contribution in [0.3, 0.4) is 0 Å². The van der Waals surface area contributed by atoms with E-state index in [9.17, 15) is 10.1 Å². The molecule has 0 radical (unpaired) electrons. The fourth-order valence-corrected chi connectivity index (χ4v) is 2.34. The first-order valence-electron chi connectivity index (χ1n) is 7.51. The summed E-state index contributed by atoms with van der Waals surface area (Å²) in [6.07, 6.45) is 1.69. The van der Waals surface area contributed by atoms with Gasteiger partial charge in [-0.15, -0.1) is 0 Å². The van der Waals surface area contributed by atoms with E-state index in [1.54, 1.807) is 25.4 Å². The molecule has 0 atom stereocenters. The molecule has 1 heterocycles. The van der Waals surface area contributed by atoms with Gasteiger partial charge in [-0.25, -0.2) is 4.98 Å². The number of benzene rings is 2. The van der Waals surface area contributed by atoms with Gasteiger partial charge < -0.3 is 9.30 Å². The molecule has 0 unspecified atom stereocenters. The molecule has 0 aliphatic heterocycles. The monoisotopic (exact) mass is 333 g/mol. The van der Waals surface area contributed by atoms with E-state index < -0.39 is 4.92 Å². The Kier molecular flexibility index (Phi) is 4.48. The number of aromatic nitrogens is 2. The minimum Gasteiger partial charge on any atom is -0.497 e. The lowest BCUT2D eigenvalue weighted by Gasteiger charge is -2.02. The number of nitro groups is 1. The van der Waals surface area contributed by atoms with Crippen LogP contribution in [-0.4, -0.2) is 21.6 Å². The molecule has 0 saturated carbocycles. The SMILES string of the molecule is COc1ccc(C#Cc2cnc(-c3ccc([N+](=O)[O-])cc3)n2C)cc1. The number of ether oxygens (including phenoxy) is 1. The second kappa shape index (κ2) is 6.89. The molecule has 0 spiro atoms. The summed E-state index contributed by atoms with van der Waals surface area (Å²) in [5.41, 5.74) is 2.48. The molecule has 0 bridgehead atoms. The van der Waals surface area contributed by atoms with Gasteiger partial charge in [0.15, 0.2) is 0 Å². The predicted molar refractivity (Wildman–Crippen MR) is 94.3 cm³/mol. The summed E-state index contributed by atoms with van der Waals surface area (Å²) in [7, 11) is 3.48. The number of hydrogen-bond acceptors (Lipinski definition) is 4. The predicted octanol–water partition coefficient (Wildman–Crippen LogP) is 3.40.